The predicted molar refractivity (Wildman–Crippen MR) is 101 cm³/mol. The lowest BCUT2D eigenvalue weighted by Gasteiger charge is -2.26. The molecule has 0 radical (unpaired) electrons. The Labute approximate surface area is 156 Å². The topological polar surface area (TPSA) is 54.7 Å². The summed E-state index contributed by atoms with van der Waals surface area (Å²) >= 11 is 3.49. The van der Waals surface area contributed by atoms with Crippen LogP contribution in [0, 0.1) is 13.8 Å². The highest BCUT2D eigenvalue weighted by molar-refractivity contribution is 9.10. The van der Waals surface area contributed by atoms with Crippen LogP contribution in [0.5, 0.6) is 0 Å². The first-order valence-electron chi connectivity index (χ1n) is 8.49. The van der Waals surface area contributed by atoms with Gasteiger partial charge in [0.1, 0.15) is 5.76 Å². The van der Waals surface area contributed by atoms with E-state index in [9.17, 15) is 4.79 Å². The molecule has 1 fully saturated rings. The van der Waals surface area contributed by atoms with E-state index in [0.717, 1.165) is 46.5 Å². The van der Waals surface area contributed by atoms with E-state index in [1.54, 1.807) is 11.2 Å². The average Bonchev–Trinajstić information content (AvgIpc) is 3.23. The van der Waals surface area contributed by atoms with Gasteiger partial charge in [-0.15, -0.1) is 0 Å². The third-order valence-corrected chi connectivity index (χ3v) is 4.85. The molecule has 2 amide bonds. The van der Waals surface area contributed by atoms with Gasteiger partial charge in [-0.1, -0.05) is 15.9 Å². The van der Waals surface area contributed by atoms with Crippen molar-refractivity contribution in [2.75, 3.05) is 18.5 Å². The van der Waals surface area contributed by atoms with Gasteiger partial charge < -0.3 is 19.4 Å². The second kappa shape index (κ2) is 8.06. The van der Waals surface area contributed by atoms with Crippen LogP contribution in [0.3, 0.4) is 0 Å². The zero-order valence-corrected chi connectivity index (χ0v) is 16.1. The fourth-order valence-corrected chi connectivity index (χ4v) is 3.82. The van der Waals surface area contributed by atoms with Crippen molar-refractivity contribution in [1.29, 1.82) is 0 Å². The molecule has 0 saturated carbocycles. The summed E-state index contributed by atoms with van der Waals surface area (Å²) in [5.74, 6) is 0.761. The third-order valence-electron chi connectivity index (χ3n) is 4.39. The Hall–Kier alpha value is -1.79. The molecule has 0 bridgehead atoms. The molecule has 3 rings (SSSR count). The molecule has 25 heavy (non-hydrogen) atoms. The van der Waals surface area contributed by atoms with Gasteiger partial charge in [-0.3, -0.25) is 0 Å². The van der Waals surface area contributed by atoms with Crippen LogP contribution in [0.1, 0.15) is 29.7 Å². The summed E-state index contributed by atoms with van der Waals surface area (Å²) in [6.07, 6.45) is 3.75. The number of hydrogen-bond acceptors (Lipinski definition) is 3. The zero-order valence-electron chi connectivity index (χ0n) is 14.5. The second-order valence-electron chi connectivity index (χ2n) is 6.44. The molecule has 1 aromatic heterocycles. The average molecular weight is 407 g/mol. The number of furan rings is 1. The molecule has 0 aliphatic carbocycles. The van der Waals surface area contributed by atoms with Crippen LogP contribution in [0.2, 0.25) is 0 Å². The molecule has 1 atom stereocenters. The van der Waals surface area contributed by atoms with Crippen molar-refractivity contribution in [3.63, 3.8) is 0 Å². The van der Waals surface area contributed by atoms with Crippen LogP contribution >= 0.6 is 15.9 Å². The van der Waals surface area contributed by atoms with Gasteiger partial charge in [-0.05, 0) is 62.1 Å². The van der Waals surface area contributed by atoms with E-state index >= 15 is 0 Å². The number of ether oxygens (including phenoxy) is 1. The maximum absolute atomic E-state index is 12.9. The lowest BCUT2D eigenvalue weighted by atomic mass is 10.1. The van der Waals surface area contributed by atoms with E-state index in [2.05, 4.69) is 21.2 Å². The number of aryl methyl sites for hydroxylation is 2. The molecule has 0 spiro atoms. The van der Waals surface area contributed by atoms with Crippen LogP contribution in [-0.2, 0) is 11.3 Å². The minimum atomic E-state index is -0.138. The highest BCUT2D eigenvalue weighted by Gasteiger charge is 2.24. The summed E-state index contributed by atoms with van der Waals surface area (Å²) in [7, 11) is 0. The van der Waals surface area contributed by atoms with Crippen molar-refractivity contribution < 1.29 is 13.9 Å². The fraction of sp³-hybridized carbons (Fsp3) is 0.421. The molecule has 1 aliphatic heterocycles. The minimum absolute atomic E-state index is 0.0906. The van der Waals surface area contributed by atoms with Crippen molar-refractivity contribution in [2.24, 2.45) is 0 Å². The van der Waals surface area contributed by atoms with Crippen molar-refractivity contribution >= 4 is 27.6 Å². The number of rotatable bonds is 5. The first-order valence-corrected chi connectivity index (χ1v) is 9.29. The third kappa shape index (κ3) is 4.64. The number of urea groups is 1. The summed E-state index contributed by atoms with van der Waals surface area (Å²) in [6, 6.07) is 7.58. The number of nitrogens with zero attached hydrogens (tertiary/aromatic N) is 1. The molecule has 1 aromatic carbocycles. The van der Waals surface area contributed by atoms with E-state index in [1.807, 2.05) is 38.1 Å². The SMILES string of the molecule is Cc1cc(Br)cc(C)c1NC(=O)N(Cc1ccco1)CC1CCCO1. The number of nitrogens with one attached hydrogen (secondary N) is 1. The lowest BCUT2D eigenvalue weighted by Crippen LogP contribution is -2.39. The Balaban J connectivity index is 1.76. The molecular weight excluding hydrogens is 384 g/mol. The van der Waals surface area contributed by atoms with Gasteiger partial charge in [-0.2, -0.15) is 0 Å². The predicted octanol–water partition coefficient (Wildman–Crippen LogP) is 4.87. The molecule has 5 nitrogen and oxygen atoms in total. The largest absolute Gasteiger partial charge is 0.467 e. The van der Waals surface area contributed by atoms with E-state index in [1.165, 1.54) is 0 Å². The van der Waals surface area contributed by atoms with Crippen molar-refractivity contribution in [2.45, 2.75) is 39.3 Å². The van der Waals surface area contributed by atoms with E-state index in [0.29, 0.717) is 13.1 Å². The summed E-state index contributed by atoms with van der Waals surface area (Å²) in [5, 5.41) is 3.06. The van der Waals surface area contributed by atoms with Crippen LogP contribution in [0.4, 0.5) is 10.5 Å². The number of halogens is 1. The summed E-state index contributed by atoms with van der Waals surface area (Å²) in [4.78, 5) is 14.7. The first-order chi connectivity index (χ1) is 12.0. The van der Waals surface area contributed by atoms with Crippen molar-refractivity contribution in [3.8, 4) is 0 Å². The molecule has 134 valence electrons. The molecule has 2 heterocycles. The summed E-state index contributed by atoms with van der Waals surface area (Å²) < 4.78 is 12.1. The van der Waals surface area contributed by atoms with E-state index in [-0.39, 0.29) is 12.1 Å². The molecule has 1 saturated heterocycles. The Morgan fingerprint density at radius 1 is 1.36 bits per heavy atom. The van der Waals surface area contributed by atoms with E-state index in [4.69, 9.17) is 9.15 Å². The highest BCUT2D eigenvalue weighted by atomic mass is 79.9. The lowest BCUT2D eigenvalue weighted by molar-refractivity contribution is 0.0803. The van der Waals surface area contributed by atoms with Crippen molar-refractivity contribution in [1.82, 2.24) is 4.90 Å². The van der Waals surface area contributed by atoms with Gasteiger partial charge in [-0.25, -0.2) is 4.79 Å². The van der Waals surface area contributed by atoms with Crippen molar-refractivity contribution in [3.05, 3.63) is 51.9 Å². The van der Waals surface area contributed by atoms with Gasteiger partial charge in [0.2, 0.25) is 0 Å². The number of carbonyl (C=O) groups is 1. The molecule has 6 heteroatoms. The molecule has 1 aliphatic rings. The van der Waals surface area contributed by atoms with Gasteiger partial charge in [0, 0.05) is 23.3 Å². The monoisotopic (exact) mass is 406 g/mol. The van der Waals surface area contributed by atoms with Crippen LogP contribution < -0.4 is 5.32 Å². The molecule has 1 N–H and O–H groups in total. The minimum Gasteiger partial charge on any atom is -0.467 e. The number of anilines is 1. The van der Waals surface area contributed by atoms with Crippen LogP contribution in [0.15, 0.2) is 39.4 Å². The van der Waals surface area contributed by atoms with E-state index < -0.39 is 0 Å². The van der Waals surface area contributed by atoms with Gasteiger partial charge in [0.05, 0.1) is 18.9 Å². The summed E-state index contributed by atoms with van der Waals surface area (Å²) in [6.45, 7) is 5.73. The standard InChI is InChI=1S/C19H23BrN2O3/c1-13-9-15(20)10-14(2)18(13)21-19(23)22(11-16-5-3-7-24-16)12-17-6-4-8-25-17/h3,5,7,9-10,17H,4,6,8,11-12H2,1-2H3,(H,21,23). The van der Waals surface area contributed by atoms with Gasteiger partial charge in [0.25, 0.3) is 0 Å². The Bertz CT molecular complexity index is 701. The summed E-state index contributed by atoms with van der Waals surface area (Å²) in [5.41, 5.74) is 2.90. The maximum atomic E-state index is 12.9. The Morgan fingerprint density at radius 3 is 2.72 bits per heavy atom. The van der Waals surface area contributed by atoms with Crippen LogP contribution in [0.25, 0.3) is 0 Å². The molecule has 1 unspecified atom stereocenters. The molecular formula is C19H23BrN2O3. The zero-order chi connectivity index (χ0) is 17.8. The van der Waals surface area contributed by atoms with Gasteiger partial charge in [0.15, 0.2) is 0 Å². The smallest absolute Gasteiger partial charge is 0.322 e. The van der Waals surface area contributed by atoms with Crippen LogP contribution in [-0.4, -0.2) is 30.2 Å². The number of amides is 2. The Kier molecular flexibility index (Phi) is 5.81. The quantitative estimate of drug-likeness (QED) is 0.769. The normalized spacial score (nSPS) is 16.8. The second-order valence-corrected chi connectivity index (χ2v) is 7.36. The highest BCUT2D eigenvalue weighted by Crippen LogP contribution is 2.26. The molecule has 2 aromatic rings. The first kappa shape index (κ1) is 18.0. The maximum Gasteiger partial charge on any atom is 0.322 e. The fourth-order valence-electron chi connectivity index (χ4n) is 3.14. The van der Waals surface area contributed by atoms with Gasteiger partial charge >= 0.3 is 6.03 Å². The number of benzene rings is 1. The Morgan fingerprint density at radius 2 is 2.12 bits per heavy atom. The number of carbonyl (C=O) groups excluding carboxylic acids is 1. The number of hydrogen-bond donors (Lipinski definition) is 1.